The fourth-order valence-corrected chi connectivity index (χ4v) is 1.40. The zero-order valence-electron chi connectivity index (χ0n) is 10.5. The molecule has 1 heterocycles. The maximum atomic E-state index is 11.8. The Morgan fingerprint density at radius 1 is 1.47 bits per heavy atom. The molecule has 0 spiro atoms. The normalized spacial score (nSPS) is 10.8. The molecule has 96 valence electrons. The van der Waals surface area contributed by atoms with Crippen molar-refractivity contribution in [1.82, 2.24) is 15.1 Å². The van der Waals surface area contributed by atoms with Crippen molar-refractivity contribution in [2.45, 2.75) is 20.1 Å². The van der Waals surface area contributed by atoms with E-state index < -0.39 is 6.29 Å². The molecule has 0 aliphatic heterocycles. The van der Waals surface area contributed by atoms with E-state index in [9.17, 15) is 4.79 Å². The lowest BCUT2D eigenvalue weighted by Crippen LogP contribution is -2.36. The molecule has 0 saturated carbocycles. The summed E-state index contributed by atoms with van der Waals surface area (Å²) in [5.41, 5.74) is 0.511. The molecule has 1 rings (SSSR count). The number of nitrogens with zero attached hydrogens (tertiary/aromatic N) is 2. The summed E-state index contributed by atoms with van der Waals surface area (Å²) in [4.78, 5) is 11.8. The van der Waals surface area contributed by atoms with Gasteiger partial charge in [-0.2, -0.15) is 5.10 Å². The summed E-state index contributed by atoms with van der Waals surface area (Å²) in [5.74, 6) is -0.186. The summed E-state index contributed by atoms with van der Waals surface area (Å²) < 4.78 is 12.2. The smallest absolute Gasteiger partial charge is 0.269 e. The van der Waals surface area contributed by atoms with Gasteiger partial charge in [0.15, 0.2) is 6.29 Å². The van der Waals surface area contributed by atoms with Gasteiger partial charge in [-0.05, 0) is 19.9 Å². The summed E-state index contributed by atoms with van der Waals surface area (Å²) in [6, 6.07) is 1.66. The number of aromatic nitrogens is 2. The molecular formula is C11H19N3O3. The fraction of sp³-hybridized carbons (Fsp3) is 0.636. The highest BCUT2D eigenvalue weighted by molar-refractivity contribution is 5.92. The summed E-state index contributed by atoms with van der Waals surface area (Å²) in [7, 11) is 1.72. The van der Waals surface area contributed by atoms with E-state index in [2.05, 4.69) is 10.4 Å². The second-order valence-electron chi connectivity index (χ2n) is 3.39. The van der Waals surface area contributed by atoms with Crippen molar-refractivity contribution in [3.8, 4) is 0 Å². The van der Waals surface area contributed by atoms with Crippen molar-refractivity contribution >= 4 is 5.91 Å². The monoisotopic (exact) mass is 241 g/mol. The lowest BCUT2D eigenvalue weighted by Gasteiger charge is -2.17. The first-order chi connectivity index (χ1) is 8.19. The van der Waals surface area contributed by atoms with Gasteiger partial charge in [0.25, 0.3) is 5.91 Å². The van der Waals surface area contributed by atoms with Gasteiger partial charge in [-0.1, -0.05) is 0 Å². The third-order valence-corrected chi connectivity index (χ3v) is 2.19. The molecule has 0 saturated heterocycles. The van der Waals surface area contributed by atoms with Gasteiger partial charge < -0.3 is 14.8 Å². The molecule has 0 aliphatic rings. The predicted octanol–water partition coefficient (Wildman–Crippen LogP) is 0.549. The molecule has 0 radical (unpaired) electrons. The van der Waals surface area contributed by atoms with Crippen molar-refractivity contribution in [3.63, 3.8) is 0 Å². The first-order valence-corrected chi connectivity index (χ1v) is 5.68. The highest BCUT2D eigenvalue weighted by Crippen LogP contribution is 1.98. The SMILES string of the molecule is CCOC(CNC(=O)c1ccnn1C)OCC. The zero-order chi connectivity index (χ0) is 12.7. The van der Waals surface area contributed by atoms with Crippen molar-refractivity contribution in [2.24, 2.45) is 7.05 Å². The minimum Gasteiger partial charge on any atom is -0.351 e. The quantitative estimate of drug-likeness (QED) is 0.708. The van der Waals surface area contributed by atoms with Gasteiger partial charge in [0, 0.05) is 26.5 Å². The number of hydrogen-bond acceptors (Lipinski definition) is 4. The van der Waals surface area contributed by atoms with Gasteiger partial charge in [-0.25, -0.2) is 0 Å². The Morgan fingerprint density at radius 3 is 2.59 bits per heavy atom. The predicted molar refractivity (Wildman–Crippen MR) is 62.6 cm³/mol. The molecule has 6 heteroatoms. The molecule has 0 unspecified atom stereocenters. The first kappa shape index (κ1) is 13.7. The fourth-order valence-electron chi connectivity index (χ4n) is 1.40. The summed E-state index contributed by atoms with van der Waals surface area (Å²) in [5, 5.41) is 6.68. The Bertz CT molecular complexity index is 345. The average molecular weight is 241 g/mol. The summed E-state index contributed by atoms with van der Waals surface area (Å²) in [6.45, 7) is 5.19. The van der Waals surface area contributed by atoms with Crippen LogP contribution in [0.4, 0.5) is 0 Å². The average Bonchev–Trinajstić information content (AvgIpc) is 2.72. The van der Waals surface area contributed by atoms with Crippen LogP contribution in [0, 0.1) is 0 Å². The number of aryl methyl sites for hydroxylation is 1. The number of carbonyl (C=O) groups is 1. The summed E-state index contributed by atoms with van der Waals surface area (Å²) in [6.07, 6.45) is 1.18. The number of carbonyl (C=O) groups excluding carboxylic acids is 1. The zero-order valence-corrected chi connectivity index (χ0v) is 10.5. The minimum atomic E-state index is -0.401. The topological polar surface area (TPSA) is 65.4 Å². The van der Waals surface area contributed by atoms with E-state index in [-0.39, 0.29) is 5.91 Å². The van der Waals surface area contributed by atoms with Gasteiger partial charge in [0.1, 0.15) is 5.69 Å². The first-order valence-electron chi connectivity index (χ1n) is 5.68. The van der Waals surface area contributed by atoms with E-state index in [1.54, 1.807) is 19.3 Å². The van der Waals surface area contributed by atoms with Gasteiger partial charge in [0.2, 0.25) is 0 Å². The van der Waals surface area contributed by atoms with E-state index in [1.165, 1.54) is 4.68 Å². The largest absolute Gasteiger partial charge is 0.351 e. The second-order valence-corrected chi connectivity index (χ2v) is 3.39. The van der Waals surface area contributed by atoms with Crippen LogP contribution in [0.15, 0.2) is 12.3 Å². The van der Waals surface area contributed by atoms with Crippen LogP contribution in [-0.2, 0) is 16.5 Å². The highest BCUT2D eigenvalue weighted by atomic mass is 16.7. The minimum absolute atomic E-state index is 0.186. The van der Waals surface area contributed by atoms with Gasteiger partial charge in [-0.3, -0.25) is 9.48 Å². The highest BCUT2D eigenvalue weighted by Gasteiger charge is 2.13. The molecule has 1 aromatic heterocycles. The van der Waals surface area contributed by atoms with E-state index in [4.69, 9.17) is 9.47 Å². The van der Waals surface area contributed by atoms with Crippen LogP contribution >= 0.6 is 0 Å². The third-order valence-electron chi connectivity index (χ3n) is 2.19. The molecule has 1 amide bonds. The maximum Gasteiger partial charge on any atom is 0.269 e. The van der Waals surface area contributed by atoms with Crippen LogP contribution in [0.2, 0.25) is 0 Å². The summed E-state index contributed by atoms with van der Waals surface area (Å²) >= 11 is 0. The number of nitrogens with one attached hydrogen (secondary N) is 1. The van der Waals surface area contributed by atoms with Gasteiger partial charge in [0.05, 0.1) is 6.54 Å². The molecule has 0 bridgehead atoms. The van der Waals surface area contributed by atoms with E-state index in [0.717, 1.165) is 0 Å². The van der Waals surface area contributed by atoms with Crippen LogP contribution in [-0.4, -0.2) is 41.7 Å². The maximum absolute atomic E-state index is 11.8. The van der Waals surface area contributed by atoms with Crippen LogP contribution in [0.25, 0.3) is 0 Å². The molecular weight excluding hydrogens is 222 g/mol. The Kier molecular flexibility index (Phi) is 5.65. The number of ether oxygens (including phenoxy) is 2. The Labute approximate surface area is 101 Å². The standard InChI is InChI=1S/C11H19N3O3/c1-4-16-10(17-5-2)8-12-11(15)9-6-7-13-14(9)3/h6-7,10H,4-5,8H2,1-3H3,(H,12,15). The van der Waals surface area contributed by atoms with Crippen LogP contribution < -0.4 is 5.32 Å². The Morgan fingerprint density at radius 2 is 2.12 bits per heavy atom. The van der Waals surface area contributed by atoms with E-state index in [1.807, 2.05) is 13.8 Å². The molecule has 0 atom stereocenters. The van der Waals surface area contributed by atoms with Crippen LogP contribution in [0.3, 0.4) is 0 Å². The molecule has 17 heavy (non-hydrogen) atoms. The number of rotatable bonds is 7. The van der Waals surface area contributed by atoms with E-state index >= 15 is 0 Å². The van der Waals surface area contributed by atoms with Crippen LogP contribution in [0.1, 0.15) is 24.3 Å². The Balaban J connectivity index is 2.43. The van der Waals surface area contributed by atoms with Crippen molar-refractivity contribution in [3.05, 3.63) is 18.0 Å². The molecule has 0 fully saturated rings. The van der Waals surface area contributed by atoms with Crippen molar-refractivity contribution in [2.75, 3.05) is 19.8 Å². The van der Waals surface area contributed by atoms with Crippen molar-refractivity contribution in [1.29, 1.82) is 0 Å². The van der Waals surface area contributed by atoms with Crippen molar-refractivity contribution < 1.29 is 14.3 Å². The molecule has 6 nitrogen and oxygen atoms in total. The number of hydrogen-bond donors (Lipinski definition) is 1. The lowest BCUT2D eigenvalue weighted by molar-refractivity contribution is -0.131. The van der Waals surface area contributed by atoms with Gasteiger partial charge >= 0.3 is 0 Å². The molecule has 0 aliphatic carbocycles. The van der Waals surface area contributed by atoms with E-state index in [0.29, 0.717) is 25.5 Å². The Hall–Kier alpha value is -1.40. The second kappa shape index (κ2) is 7.03. The molecule has 1 aromatic rings. The third kappa shape index (κ3) is 4.16. The lowest BCUT2D eigenvalue weighted by atomic mass is 10.4. The van der Waals surface area contributed by atoms with Crippen LogP contribution in [0.5, 0.6) is 0 Å². The molecule has 0 aromatic carbocycles. The van der Waals surface area contributed by atoms with Gasteiger partial charge in [-0.15, -0.1) is 0 Å². The number of amides is 1. The molecule has 1 N–H and O–H groups in total.